The van der Waals surface area contributed by atoms with Gasteiger partial charge < -0.3 is 10.3 Å². The number of rotatable bonds is 5. The molecule has 1 aliphatic carbocycles. The first-order chi connectivity index (χ1) is 8.65. The Morgan fingerprint density at radius 2 is 2.06 bits per heavy atom. The van der Waals surface area contributed by atoms with Crippen LogP contribution in [0.25, 0.3) is 0 Å². The van der Waals surface area contributed by atoms with Crippen LogP contribution in [0.3, 0.4) is 0 Å². The molecule has 1 saturated carbocycles. The summed E-state index contributed by atoms with van der Waals surface area (Å²) in [6, 6.07) is 0. The first-order valence-corrected chi connectivity index (χ1v) is 7.22. The van der Waals surface area contributed by atoms with E-state index in [1.165, 1.54) is 32.1 Å². The third kappa shape index (κ3) is 3.10. The van der Waals surface area contributed by atoms with Crippen molar-refractivity contribution in [1.82, 2.24) is 14.8 Å². The second-order valence-electron chi connectivity index (χ2n) is 6.23. The lowest BCUT2D eigenvalue weighted by Gasteiger charge is -2.36. The van der Waals surface area contributed by atoms with Gasteiger partial charge in [-0.1, -0.05) is 33.1 Å². The van der Waals surface area contributed by atoms with Crippen LogP contribution in [0.4, 0.5) is 0 Å². The first-order valence-electron chi connectivity index (χ1n) is 7.22. The Morgan fingerprint density at radius 3 is 2.67 bits per heavy atom. The summed E-state index contributed by atoms with van der Waals surface area (Å²) < 4.78 is 2.21. The Morgan fingerprint density at radius 1 is 1.33 bits per heavy atom. The topological polar surface area (TPSA) is 56.7 Å². The lowest BCUT2D eigenvalue weighted by Crippen LogP contribution is -2.35. The van der Waals surface area contributed by atoms with Gasteiger partial charge in [0.2, 0.25) is 0 Å². The van der Waals surface area contributed by atoms with Gasteiger partial charge in [-0.05, 0) is 30.7 Å². The van der Waals surface area contributed by atoms with Crippen molar-refractivity contribution in [2.45, 2.75) is 58.9 Å². The maximum Gasteiger partial charge on any atom is 0.133 e. The van der Waals surface area contributed by atoms with Crippen molar-refractivity contribution in [3.05, 3.63) is 12.2 Å². The van der Waals surface area contributed by atoms with Crippen LogP contribution in [0.1, 0.15) is 51.8 Å². The van der Waals surface area contributed by atoms with E-state index in [1.807, 2.05) is 6.33 Å². The number of nitrogens with zero attached hydrogens (tertiary/aromatic N) is 3. The van der Waals surface area contributed by atoms with Gasteiger partial charge in [-0.25, -0.2) is 0 Å². The minimum atomic E-state index is 0.278. The Bertz CT molecular complexity index is 364. The molecule has 1 aromatic heterocycles. The SMILES string of the molecule is CC(C)Cn1cnnc1CC1(CN)CCCCC1. The molecular weight excluding hydrogens is 224 g/mol. The summed E-state index contributed by atoms with van der Waals surface area (Å²) in [7, 11) is 0. The Kier molecular flexibility index (Phi) is 4.38. The summed E-state index contributed by atoms with van der Waals surface area (Å²) in [5, 5.41) is 8.39. The molecule has 1 aromatic rings. The molecule has 0 unspecified atom stereocenters. The van der Waals surface area contributed by atoms with Crippen molar-refractivity contribution in [3.8, 4) is 0 Å². The molecule has 2 N–H and O–H groups in total. The standard InChI is InChI=1S/C14H26N4/c1-12(2)9-18-11-16-17-13(18)8-14(10-15)6-4-3-5-7-14/h11-12H,3-10,15H2,1-2H3. The second kappa shape index (κ2) is 5.83. The fraction of sp³-hybridized carbons (Fsp3) is 0.857. The smallest absolute Gasteiger partial charge is 0.133 e. The van der Waals surface area contributed by atoms with E-state index in [4.69, 9.17) is 5.73 Å². The molecule has 1 heterocycles. The van der Waals surface area contributed by atoms with E-state index in [9.17, 15) is 0 Å². The van der Waals surface area contributed by atoms with E-state index in [1.54, 1.807) is 0 Å². The zero-order valence-corrected chi connectivity index (χ0v) is 11.7. The van der Waals surface area contributed by atoms with Gasteiger partial charge >= 0.3 is 0 Å². The van der Waals surface area contributed by atoms with Gasteiger partial charge in [0, 0.05) is 13.0 Å². The van der Waals surface area contributed by atoms with Gasteiger partial charge in [-0.3, -0.25) is 0 Å². The predicted molar refractivity (Wildman–Crippen MR) is 73.1 cm³/mol. The lowest BCUT2D eigenvalue weighted by atomic mass is 9.71. The number of aromatic nitrogens is 3. The van der Waals surface area contributed by atoms with Crippen LogP contribution in [-0.2, 0) is 13.0 Å². The highest BCUT2D eigenvalue weighted by atomic mass is 15.3. The molecule has 18 heavy (non-hydrogen) atoms. The molecule has 0 spiro atoms. The average Bonchev–Trinajstić information content (AvgIpc) is 2.77. The highest BCUT2D eigenvalue weighted by molar-refractivity contribution is 4.97. The highest BCUT2D eigenvalue weighted by Crippen LogP contribution is 2.37. The van der Waals surface area contributed by atoms with Gasteiger partial charge in [0.25, 0.3) is 0 Å². The molecule has 0 bridgehead atoms. The molecule has 0 aromatic carbocycles. The van der Waals surface area contributed by atoms with E-state index >= 15 is 0 Å². The van der Waals surface area contributed by atoms with E-state index in [2.05, 4.69) is 28.6 Å². The molecule has 0 saturated heterocycles. The van der Waals surface area contributed by atoms with Crippen LogP contribution in [-0.4, -0.2) is 21.3 Å². The lowest BCUT2D eigenvalue weighted by molar-refractivity contribution is 0.191. The quantitative estimate of drug-likeness (QED) is 0.873. The molecule has 1 fully saturated rings. The molecule has 0 radical (unpaired) electrons. The van der Waals surface area contributed by atoms with Gasteiger partial charge in [0.05, 0.1) is 0 Å². The van der Waals surface area contributed by atoms with Crippen molar-refractivity contribution in [3.63, 3.8) is 0 Å². The van der Waals surface area contributed by atoms with Crippen molar-refractivity contribution in [2.75, 3.05) is 6.54 Å². The number of hydrogen-bond acceptors (Lipinski definition) is 3. The van der Waals surface area contributed by atoms with Gasteiger partial charge in [-0.2, -0.15) is 0 Å². The van der Waals surface area contributed by atoms with Crippen LogP contribution >= 0.6 is 0 Å². The molecule has 2 rings (SSSR count). The van der Waals surface area contributed by atoms with Crippen molar-refractivity contribution in [1.29, 1.82) is 0 Å². The molecule has 0 atom stereocenters. The minimum Gasteiger partial charge on any atom is -0.330 e. The van der Waals surface area contributed by atoms with Gasteiger partial charge in [0.15, 0.2) is 0 Å². The Balaban J connectivity index is 2.09. The summed E-state index contributed by atoms with van der Waals surface area (Å²) in [6.07, 6.45) is 9.35. The summed E-state index contributed by atoms with van der Waals surface area (Å²) in [4.78, 5) is 0. The second-order valence-corrected chi connectivity index (χ2v) is 6.23. The molecule has 102 valence electrons. The van der Waals surface area contributed by atoms with E-state index < -0.39 is 0 Å². The Hall–Kier alpha value is -0.900. The van der Waals surface area contributed by atoms with Crippen LogP contribution < -0.4 is 5.73 Å². The minimum absolute atomic E-state index is 0.278. The zero-order chi connectivity index (χ0) is 13.0. The zero-order valence-electron chi connectivity index (χ0n) is 11.7. The summed E-state index contributed by atoms with van der Waals surface area (Å²) >= 11 is 0. The largest absolute Gasteiger partial charge is 0.330 e. The maximum atomic E-state index is 6.05. The molecule has 4 heteroatoms. The van der Waals surface area contributed by atoms with Crippen LogP contribution in [0.2, 0.25) is 0 Å². The third-order valence-corrected chi connectivity index (χ3v) is 4.14. The highest BCUT2D eigenvalue weighted by Gasteiger charge is 2.32. The fourth-order valence-corrected chi connectivity index (χ4v) is 3.05. The molecule has 0 amide bonds. The van der Waals surface area contributed by atoms with Gasteiger partial charge in [0.1, 0.15) is 12.2 Å². The molecular formula is C14H26N4. The monoisotopic (exact) mass is 250 g/mol. The van der Waals surface area contributed by atoms with Crippen molar-refractivity contribution >= 4 is 0 Å². The van der Waals surface area contributed by atoms with Crippen LogP contribution in [0.5, 0.6) is 0 Å². The fourth-order valence-electron chi connectivity index (χ4n) is 3.05. The van der Waals surface area contributed by atoms with E-state index in [0.717, 1.165) is 25.3 Å². The number of hydrogen-bond donors (Lipinski definition) is 1. The maximum absolute atomic E-state index is 6.05. The Labute approximate surface area is 110 Å². The third-order valence-electron chi connectivity index (χ3n) is 4.14. The van der Waals surface area contributed by atoms with E-state index in [-0.39, 0.29) is 5.41 Å². The summed E-state index contributed by atoms with van der Waals surface area (Å²) in [5.74, 6) is 1.75. The van der Waals surface area contributed by atoms with Crippen LogP contribution in [0.15, 0.2) is 6.33 Å². The van der Waals surface area contributed by atoms with Crippen LogP contribution in [0, 0.1) is 11.3 Å². The molecule has 0 aliphatic heterocycles. The average molecular weight is 250 g/mol. The molecule has 1 aliphatic rings. The predicted octanol–water partition coefficient (Wildman–Crippen LogP) is 2.39. The molecule has 4 nitrogen and oxygen atoms in total. The van der Waals surface area contributed by atoms with Crippen molar-refractivity contribution < 1.29 is 0 Å². The summed E-state index contributed by atoms with van der Waals surface area (Å²) in [5.41, 5.74) is 6.33. The van der Waals surface area contributed by atoms with E-state index in [0.29, 0.717) is 5.92 Å². The normalized spacial score (nSPS) is 19.3. The number of nitrogens with two attached hydrogens (primary N) is 1. The van der Waals surface area contributed by atoms with Gasteiger partial charge in [-0.15, -0.1) is 10.2 Å². The van der Waals surface area contributed by atoms with Crippen molar-refractivity contribution in [2.24, 2.45) is 17.1 Å². The summed E-state index contributed by atoms with van der Waals surface area (Å²) in [6.45, 7) is 6.23. The first kappa shape index (κ1) is 13.5.